The maximum atomic E-state index is 2.43. The molecule has 0 bridgehead atoms. The monoisotopic (exact) mass is 792 g/mol. The van der Waals surface area contributed by atoms with Crippen molar-refractivity contribution in [2.24, 2.45) is 0 Å². The molecule has 0 N–H and O–H groups in total. The highest BCUT2D eigenvalue weighted by atomic mass is 32.2. The van der Waals surface area contributed by atoms with E-state index in [-0.39, 0.29) is 0 Å². The predicted octanol–water partition coefficient (Wildman–Crippen LogP) is 16.2. The Morgan fingerprint density at radius 2 is 0.803 bits per heavy atom. The molecule has 12 aromatic rings. The molecule has 0 aliphatic carbocycles. The van der Waals surface area contributed by atoms with Crippen LogP contribution >= 0.6 is 11.8 Å². The smallest absolute Gasteiger partial charge is 0.0558 e. The van der Waals surface area contributed by atoms with Crippen LogP contribution < -0.4 is 0 Å². The molecular weight excluding hydrogens is 757 g/mol. The molecule has 10 aromatic carbocycles. The summed E-state index contributed by atoms with van der Waals surface area (Å²) < 4.78 is 4.84. The van der Waals surface area contributed by atoms with Crippen LogP contribution in [0.5, 0.6) is 0 Å². The quantitative estimate of drug-likeness (QED) is 0.169. The minimum atomic E-state index is 1.15. The van der Waals surface area contributed by atoms with Gasteiger partial charge in [-0.25, -0.2) is 0 Å². The first-order chi connectivity index (χ1) is 30.2. The Hall–Kier alpha value is -7.59. The first-order valence-electron chi connectivity index (χ1n) is 20.9. The highest BCUT2D eigenvalue weighted by molar-refractivity contribution is 7.99. The van der Waals surface area contributed by atoms with Gasteiger partial charge in [0.2, 0.25) is 0 Å². The van der Waals surface area contributed by atoms with Gasteiger partial charge in [0.15, 0.2) is 0 Å². The molecule has 1 aliphatic rings. The fourth-order valence-electron chi connectivity index (χ4n) is 9.93. The van der Waals surface area contributed by atoms with Crippen LogP contribution in [0.3, 0.4) is 0 Å². The molecule has 61 heavy (non-hydrogen) atoms. The van der Waals surface area contributed by atoms with E-state index in [1.165, 1.54) is 114 Å². The van der Waals surface area contributed by atoms with Gasteiger partial charge in [0.1, 0.15) is 0 Å². The molecule has 2 aromatic heterocycles. The van der Waals surface area contributed by atoms with Crippen LogP contribution in [-0.2, 0) is 0 Å². The van der Waals surface area contributed by atoms with E-state index >= 15 is 0 Å². The number of fused-ring (bicyclic) bond motifs is 9. The molecule has 3 heterocycles. The molecule has 284 valence electrons. The summed E-state index contributed by atoms with van der Waals surface area (Å²) >= 11 is 1.90. The Labute approximate surface area is 357 Å². The predicted molar refractivity (Wildman–Crippen MR) is 258 cm³/mol. The molecule has 1 aliphatic heterocycles. The van der Waals surface area contributed by atoms with Gasteiger partial charge < -0.3 is 9.13 Å². The van der Waals surface area contributed by atoms with Gasteiger partial charge in [-0.3, -0.25) is 0 Å². The number of aromatic nitrogens is 2. The summed E-state index contributed by atoms with van der Waals surface area (Å²) in [6.45, 7) is 0. The van der Waals surface area contributed by atoms with Crippen LogP contribution in [0.15, 0.2) is 228 Å². The van der Waals surface area contributed by atoms with E-state index in [4.69, 9.17) is 0 Å². The van der Waals surface area contributed by atoms with Crippen molar-refractivity contribution in [1.82, 2.24) is 9.13 Å². The zero-order valence-electron chi connectivity index (χ0n) is 33.1. The van der Waals surface area contributed by atoms with Crippen molar-refractivity contribution in [2.75, 3.05) is 0 Å². The largest absolute Gasteiger partial charge is 0.309 e. The van der Waals surface area contributed by atoms with Crippen LogP contribution in [0.1, 0.15) is 0 Å². The van der Waals surface area contributed by atoms with Gasteiger partial charge in [-0.2, -0.15) is 0 Å². The molecular formula is C58H36N2S. The molecule has 0 spiro atoms. The molecule has 0 atom stereocenters. The van der Waals surface area contributed by atoms with Crippen LogP contribution in [0.4, 0.5) is 0 Å². The van der Waals surface area contributed by atoms with Crippen molar-refractivity contribution in [3.63, 3.8) is 0 Å². The van der Waals surface area contributed by atoms with E-state index in [0.29, 0.717) is 0 Å². The Morgan fingerprint density at radius 1 is 0.262 bits per heavy atom. The minimum absolute atomic E-state index is 1.15. The molecule has 0 radical (unpaired) electrons. The van der Waals surface area contributed by atoms with E-state index in [1.807, 2.05) is 11.8 Å². The summed E-state index contributed by atoms with van der Waals surface area (Å²) in [5.74, 6) is 0. The second-order valence-corrected chi connectivity index (χ2v) is 17.2. The van der Waals surface area contributed by atoms with Crippen LogP contribution in [0, 0.1) is 0 Å². The van der Waals surface area contributed by atoms with Gasteiger partial charge in [0.05, 0.1) is 22.1 Å². The summed E-state index contributed by atoms with van der Waals surface area (Å²) in [6, 6.07) is 80.3. The Kier molecular flexibility index (Phi) is 7.57. The van der Waals surface area contributed by atoms with Gasteiger partial charge in [-0.1, -0.05) is 163 Å². The Balaban J connectivity index is 0.884. The number of nitrogens with zero attached hydrogens (tertiary/aromatic N) is 2. The van der Waals surface area contributed by atoms with E-state index in [9.17, 15) is 0 Å². The number of hydrogen-bond donors (Lipinski definition) is 0. The van der Waals surface area contributed by atoms with Crippen molar-refractivity contribution < 1.29 is 0 Å². The summed E-state index contributed by atoms with van der Waals surface area (Å²) in [5, 5.41) is 7.77. The highest BCUT2D eigenvalue weighted by Gasteiger charge is 2.24. The fraction of sp³-hybridized carbons (Fsp3) is 0. The Bertz CT molecular complexity index is 3710. The molecule has 0 amide bonds. The van der Waals surface area contributed by atoms with Crippen molar-refractivity contribution in [3.05, 3.63) is 218 Å². The standard InChI is InChI=1S/C58H36N2S/c1-3-13-37(14-4-1)39-15-11-16-40(33-39)41-28-32-53-50(34-41)45-19-7-9-23-51(45)59(53)44-29-25-38(26-30-44)42-27-31-46-47-21-12-22-49-57-48-20-8-10-24-52(48)60(43-17-5-2-6-18-43)54(57)36-56(58(47)49)61-55(46)35-42/h1-36H. The van der Waals surface area contributed by atoms with Gasteiger partial charge in [0.25, 0.3) is 0 Å². The molecule has 2 nitrogen and oxygen atoms in total. The average molecular weight is 793 g/mol. The molecule has 13 rings (SSSR count). The van der Waals surface area contributed by atoms with E-state index in [0.717, 1.165) is 5.69 Å². The average Bonchev–Trinajstić information content (AvgIpc) is 3.84. The summed E-state index contributed by atoms with van der Waals surface area (Å²) in [6.07, 6.45) is 0. The fourth-order valence-corrected chi connectivity index (χ4v) is 11.1. The minimum Gasteiger partial charge on any atom is -0.309 e. The lowest BCUT2D eigenvalue weighted by Crippen LogP contribution is -1.97. The van der Waals surface area contributed by atoms with Gasteiger partial charge in [-0.05, 0) is 117 Å². The zero-order valence-corrected chi connectivity index (χ0v) is 33.9. The lowest BCUT2D eigenvalue weighted by molar-refractivity contribution is 1.18. The van der Waals surface area contributed by atoms with Gasteiger partial charge >= 0.3 is 0 Å². The van der Waals surface area contributed by atoms with Crippen LogP contribution in [-0.4, -0.2) is 9.13 Å². The zero-order chi connectivity index (χ0) is 40.0. The lowest BCUT2D eigenvalue weighted by atomic mass is 9.93. The first-order valence-corrected chi connectivity index (χ1v) is 21.7. The summed E-state index contributed by atoms with van der Waals surface area (Å²) in [7, 11) is 0. The number of benzene rings is 10. The van der Waals surface area contributed by atoms with E-state index in [2.05, 4.69) is 228 Å². The topological polar surface area (TPSA) is 9.86 Å². The van der Waals surface area contributed by atoms with Gasteiger partial charge in [-0.15, -0.1) is 0 Å². The number of para-hydroxylation sites is 3. The number of hydrogen-bond acceptors (Lipinski definition) is 1. The third-order valence-electron chi connectivity index (χ3n) is 12.7. The molecule has 0 unspecified atom stereocenters. The normalized spacial score (nSPS) is 12.2. The maximum Gasteiger partial charge on any atom is 0.0558 e. The lowest BCUT2D eigenvalue weighted by Gasteiger charge is -2.22. The number of rotatable bonds is 5. The highest BCUT2D eigenvalue weighted by Crippen LogP contribution is 2.52. The van der Waals surface area contributed by atoms with Crippen molar-refractivity contribution >= 4 is 66.1 Å². The molecule has 0 fully saturated rings. The van der Waals surface area contributed by atoms with E-state index < -0.39 is 0 Å². The molecule has 0 saturated carbocycles. The summed E-state index contributed by atoms with van der Waals surface area (Å²) in [5.41, 5.74) is 17.1. The second kappa shape index (κ2) is 13.5. The second-order valence-electron chi connectivity index (χ2n) is 16.1. The van der Waals surface area contributed by atoms with Crippen molar-refractivity contribution in [3.8, 4) is 55.9 Å². The third kappa shape index (κ3) is 5.31. The van der Waals surface area contributed by atoms with Crippen molar-refractivity contribution in [2.45, 2.75) is 9.79 Å². The van der Waals surface area contributed by atoms with E-state index in [1.54, 1.807) is 0 Å². The molecule has 3 heteroatoms. The first kappa shape index (κ1) is 34.3. The van der Waals surface area contributed by atoms with Crippen LogP contribution in [0.25, 0.3) is 110 Å². The summed E-state index contributed by atoms with van der Waals surface area (Å²) in [4.78, 5) is 2.59. The maximum absolute atomic E-state index is 2.43. The SMILES string of the molecule is c1ccc(-c2cccc(-c3ccc4c(c3)c3ccccc3n4-c3ccc(-c4ccc5c(c4)Sc4cc6c(c7cccc-5c47)c4ccccc4n6-c4ccccc4)cc3)c2)cc1. The van der Waals surface area contributed by atoms with Crippen molar-refractivity contribution in [1.29, 1.82) is 0 Å². The third-order valence-corrected chi connectivity index (χ3v) is 13.8. The molecule has 0 saturated heterocycles. The van der Waals surface area contributed by atoms with Crippen LogP contribution in [0.2, 0.25) is 0 Å². The Morgan fingerprint density at radius 3 is 1.62 bits per heavy atom. The van der Waals surface area contributed by atoms with Gasteiger partial charge in [0, 0.05) is 48.1 Å².